The number of carbonyl (C=O) groups is 1. The predicted octanol–water partition coefficient (Wildman–Crippen LogP) is 4.05. The van der Waals surface area contributed by atoms with E-state index in [1.165, 1.54) is 11.3 Å². The first-order chi connectivity index (χ1) is 11.2. The summed E-state index contributed by atoms with van der Waals surface area (Å²) in [6.07, 6.45) is 1.28. The standard InChI is InChI=1S/C19H20N2O2/c1-14-6-8-15(9-7-14)21-12-10-19(11-13-21)16-4-2-3-5-17(16)20-18(22)23-19/h2-9H,10-13H2,1H3,(H,20,22). The van der Waals surface area contributed by atoms with Crippen molar-refractivity contribution in [2.24, 2.45) is 0 Å². The van der Waals surface area contributed by atoms with E-state index >= 15 is 0 Å². The van der Waals surface area contributed by atoms with E-state index in [1.54, 1.807) is 0 Å². The van der Waals surface area contributed by atoms with Crippen molar-refractivity contribution in [2.45, 2.75) is 25.4 Å². The normalized spacial score (nSPS) is 19.0. The molecule has 0 saturated carbocycles. The molecule has 1 N–H and O–H groups in total. The molecule has 2 aliphatic heterocycles. The van der Waals surface area contributed by atoms with Gasteiger partial charge in [-0.1, -0.05) is 35.9 Å². The maximum absolute atomic E-state index is 11.9. The first kappa shape index (κ1) is 14.1. The van der Waals surface area contributed by atoms with Crippen LogP contribution in [0.25, 0.3) is 0 Å². The van der Waals surface area contributed by atoms with E-state index in [9.17, 15) is 4.79 Å². The molecule has 4 rings (SSSR count). The number of ether oxygens (including phenoxy) is 1. The van der Waals surface area contributed by atoms with Crippen LogP contribution in [0.5, 0.6) is 0 Å². The van der Waals surface area contributed by atoms with E-state index in [2.05, 4.69) is 47.5 Å². The molecule has 2 aromatic rings. The second kappa shape index (κ2) is 5.30. The van der Waals surface area contributed by atoms with Crippen LogP contribution in [0, 0.1) is 6.92 Å². The molecule has 118 valence electrons. The van der Waals surface area contributed by atoms with Crippen LogP contribution in [0.1, 0.15) is 24.0 Å². The van der Waals surface area contributed by atoms with Crippen LogP contribution in [-0.4, -0.2) is 19.2 Å². The number of hydrogen-bond donors (Lipinski definition) is 1. The molecule has 2 aliphatic rings. The molecule has 0 aliphatic carbocycles. The minimum atomic E-state index is -0.486. The Hall–Kier alpha value is -2.49. The van der Waals surface area contributed by atoms with Crippen molar-refractivity contribution >= 4 is 17.5 Å². The Morgan fingerprint density at radius 3 is 2.48 bits per heavy atom. The molecular weight excluding hydrogens is 288 g/mol. The molecule has 0 aromatic heterocycles. The van der Waals surface area contributed by atoms with E-state index in [0.717, 1.165) is 37.2 Å². The Kier molecular flexibility index (Phi) is 3.26. The van der Waals surface area contributed by atoms with Gasteiger partial charge in [0.25, 0.3) is 0 Å². The quantitative estimate of drug-likeness (QED) is 0.864. The second-order valence-corrected chi connectivity index (χ2v) is 6.38. The molecule has 0 atom stereocenters. The van der Waals surface area contributed by atoms with Crippen molar-refractivity contribution in [1.82, 2.24) is 0 Å². The van der Waals surface area contributed by atoms with Crippen LogP contribution in [-0.2, 0) is 10.3 Å². The van der Waals surface area contributed by atoms with Crippen LogP contribution >= 0.6 is 0 Å². The van der Waals surface area contributed by atoms with Gasteiger partial charge >= 0.3 is 6.09 Å². The van der Waals surface area contributed by atoms with Crippen LogP contribution in [0.3, 0.4) is 0 Å². The average Bonchev–Trinajstić information content (AvgIpc) is 2.56. The number of carbonyl (C=O) groups excluding carboxylic acids is 1. The lowest BCUT2D eigenvalue weighted by molar-refractivity contribution is -0.00801. The zero-order valence-electron chi connectivity index (χ0n) is 13.2. The molecule has 2 aromatic carbocycles. The lowest BCUT2D eigenvalue weighted by Gasteiger charge is -2.44. The van der Waals surface area contributed by atoms with Gasteiger partial charge in [0, 0.05) is 37.2 Å². The summed E-state index contributed by atoms with van der Waals surface area (Å²) in [5, 5.41) is 2.81. The van der Waals surface area contributed by atoms with Crippen molar-refractivity contribution < 1.29 is 9.53 Å². The fraction of sp³-hybridized carbons (Fsp3) is 0.316. The summed E-state index contributed by atoms with van der Waals surface area (Å²) in [6, 6.07) is 16.6. The molecule has 4 heteroatoms. The highest BCUT2D eigenvalue weighted by Crippen LogP contribution is 2.43. The molecule has 0 unspecified atom stereocenters. The third kappa shape index (κ3) is 2.44. The molecule has 2 heterocycles. The molecule has 1 fully saturated rings. The summed E-state index contributed by atoms with van der Waals surface area (Å²) in [7, 11) is 0. The van der Waals surface area contributed by atoms with E-state index in [4.69, 9.17) is 4.74 Å². The zero-order chi connectivity index (χ0) is 15.9. The molecule has 1 saturated heterocycles. The monoisotopic (exact) mass is 308 g/mol. The Labute approximate surface area is 136 Å². The first-order valence-electron chi connectivity index (χ1n) is 8.07. The number of benzene rings is 2. The maximum atomic E-state index is 11.9. The van der Waals surface area contributed by atoms with Crippen LogP contribution in [0.15, 0.2) is 48.5 Å². The van der Waals surface area contributed by atoms with Gasteiger partial charge in [-0.15, -0.1) is 0 Å². The summed E-state index contributed by atoms with van der Waals surface area (Å²) >= 11 is 0. The SMILES string of the molecule is Cc1ccc(N2CCC3(CC2)OC(=O)Nc2ccccc23)cc1. The number of nitrogens with one attached hydrogen (secondary N) is 1. The van der Waals surface area contributed by atoms with Crippen LogP contribution < -0.4 is 10.2 Å². The Bertz CT molecular complexity index is 731. The molecule has 0 bridgehead atoms. The average molecular weight is 308 g/mol. The zero-order valence-corrected chi connectivity index (χ0v) is 13.2. The number of fused-ring (bicyclic) bond motifs is 2. The van der Waals surface area contributed by atoms with E-state index in [-0.39, 0.29) is 6.09 Å². The van der Waals surface area contributed by atoms with E-state index < -0.39 is 5.60 Å². The number of nitrogens with zero attached hydrogens (tertiary/aromatic N) is 1. The van der Waals surface area contributed by atoms with Gasteiger partial charge in [0.2, 0.25) is 0 Å². The molecule has 1 amide bonds. The molecule has 1 spiro atoms. The maximum Gasteiger partial charge on any atom is 0.412 e. The minimum absolute atomic E-state index is 0.340. The molecule has 23 heavy (non-hydrogen) atoms. The second-order valence-electron chi connectivity index (χ2n) is 6.38. The van der Waals surface area contributed by atoms with Crippen LogP contribution in [0.2, 0.25) is 0 Å². The van der Waals surface area contributed by atoms with E-state index in [0.29, 0.717) is 0 Å². The predicted molar refractivity (Wildman–Crippen MR) is 90.8 cm³/mol. The van der Waals surface area contributed by atoms with Gasteiger partial charge < -0.3 is 9.64 Å². The van der Waals surface area contributed by atoms with Gasteiger partial charge in [0.1, 0.15) is 5.60 Å². The minimum Gasteiger partial charge on any atom is -0.438 e. The highest BCUT2D eigenvalue weighted by Gasteiger charge is 2.44. The van der Waals surface area contributed by atoms with Crippen molar-refractivity contribution in [3.8, 4) is 0 Å². The van der Waals surface area contributed by atoms with Crippen molar-refractivity contribution in [3.63, 3.8) is 0 Å². The third-order valence-corrected chi connectivity index (χ3v) is 4.91. The Morgan fingerprint density at radius 1 is 1.04 bits per heavy atom. The first-order valence-corrected chi connectivity index (χ1v) is 8.07. The van der Waals surface area contributed by atoms with Crippen molar-refractivity contribution in [3.05, 3.63) is 59.7 Å². The summed E-state index contributed by atoms with van der Waals surface area (Å²) in [6.45, 7) is 3.86. The van der Waals surface area contributed by atoms with Gasteiger partial charge in [0.05, 0.1) is 5.69 Å². The number of rotatable bonds is 1. The fourth-order valence-electron chi connectivity index (χ4n) is 3.61. The number of aryl methyl sites for hydroxylation is 1. The topological polar surface area (TPSA) is 41.6 Å². The van der Waals surface area contributed by atoms with Gasteiger partial charge in [-0.3, -0.25) is 5.32 Å². The molecular formula is C19H20N2O2. The smallest absolute Gasteiger partial charge is 0.412 e. The Morgan fingerprint density at radius 2 is 1.74 bits per heavy atom. The third-order valence-electron chi connectivity index (χ3n) is 4.91. The summed E-state index contributed by atoms with van der Waals surface area (Å²) < 4.78 is 5.77. The van der Waals surface area contributed by atoms with Crippen LogP contribution in [0.4, 0.5) is 16.2 Å². The highest BCUT2D eigenvalue weighted by molar-refractivity contribution is 5.88. The number of amides is 1. The number of para-hydroxylation sites is 1. The fourth-order valence-corrected chi connectivity index (χ4v) is 3.61. The molecule has 4 nitrogen and oxygen atoms in total. The highest BCUT2D eigenvalue weighted by atomic mass is 16.6. The number of hydrogen-bond acceptors (Lipinski definition) is 3. The van der Waals surface area contributed by atoms with Gasteiger partial charge in [0.15, 0.2) is 0 Å². The molecule has 0 radical (unpaired) electrons. The van der Waals surface area contributed by atoms with Gasteiger partial charge in [-0.2, -0.15) is 0 Å². The van der Waals surface area contributed by atoms with Gasteiger partial charge in [-0.25, -0.2) is 4.79 Å². The van der Waals surface area contributed by atoms with Crippen molar-refractivity contribution in [1.29, 1.82) is 0 Å². The summed E-state index contributed by atoms with van der Waals surface area (Å²) in [4.78, 5) is 14.3. The van der Waals surface area contributed by atoms with Gasteiger partial charge in [-0.05, 0) is 25.1 Å². The number of piperidine rings is 1. The van der Waals surface area contributed by atoms with Crippen molar-refractivity contribution in [2.75, 3.05) is 23.3 Å². The largest absolute Gasteiger partial charge is 0.438 e. The summed E-state index contributed by atoms with van der Waals surface area (Å²) in [5.74, 6) is 0. The lowest BCUT2D eigenvalue weighted by atomic mass is 9.82. The van der Waals surface area contributed by atoms with E-state index in [1.807, 2.05) is 18.2 Å². The lowest BCUT2D eigenvalue weighted by Crippen LogP contribution is -2.48. The Balaban J connectivity index is 1.59. The summed E-state index contributed by atoms with van der Waals surface area (Å²) in [5.41, 5.74) is 4.00. The number of anilines is 2.